The number of aliphatic hydroxyl groups excluding tert-OH is 1. The van der Waals surface area contributed by atoms with Gasteiger partial charge in [0.25, 0.3) is 0 Å². The van der Waals surface area contributed by atoms with Crippen molar-refractivity contribution in [2.24, 2.45) is 0 Å². The molecule has 0 aliphatic rings. The van der Waals surface area contributed by atoms with Gasteiger partial charge in [-0.15, -0.1) is 6.42 Å². The molecule has 0 radical (unpaired) electrons. The average molecular weight is 446 g/mol. The van der Waals surface area contributed by atoms with E-state index < -0.39 is 29.7 Å². The number of aliphatic hydroxyl groups is 1. The van der Waals surface area contributed by atoms with Crippen molar-refractivity contribution in [2.45, 2.75) is 65.1 Å². The van der Waals surface area contributed by atoms with Gasteiger partial charge in [-0.3, -0.25) is 9.59 Å². The number of unbranched alkanes of at least 4 members (excludes halogenated alkanes) is 1. The predicted molar refractivity (Wildman–Crippen MR) is 123 cm³/mol. The lowest BCUT2D eigenvalue weighted by molar-refractivity contribution is -0.142. The van der Waals surface area contributed by atoms with Crippen molar-refractivity contribution in [1.29, 1.82) is 0 Å². The van der Waals surface area contributed by atoms with Gasteiger partial charge in [0, 0.05) is 18.7 Å². The maximum atomic E-state index is 13.2. The molecular formula is C24H35N3O5. The SMILES string of the molecule is C#Cc1ccc(C(C(=O)NCCCC)N(CCO)C(=O)C(C)NC(=O)OC(C)(C)C)cc1. The Balaban J connectivity index is 3.20. The number of ether oxygens (including phenoxy) is 1. The van der Waals surface area contributed by atoms with E-state index in [-0.39, 0.29) is 19.1 Å². The van der Waals surface area contributed by atoms with E-state index in [9.17, 15) is 19.5 Å². The van der Waals surface area contributed by atoms with E-state index >= 15 is 0 Å². The zero-order chi connectivity index (χ0) is 24.3. The second-order valence-corrected chi connectivity index (χ2v) is 8.44. The summed E-state index contributed by atoms with van der Waals surface area (Å²) in [5.41, 5.74) is 0.459. The van der Waals surface area contributed by atoms with Crippen molar-refractivity contribution in [1.82, 2.24) is 15.5 Å². The van der Waals surface area contributed by atoms with Crippen molar-refractivity contribution in [3.8, 4) is 12.3 Å². The summed E-state index contributed by atoms with van der Waals surface area (Å²) in [5.74, 6) is 1.61. The molecule has 0 fully saturated rings. The van der Waals surface area contributed by atoms with E-state index in [4.69, 9.17) is 11.2 Å². The van der Waals surface area contributed by atoms with Gasteiger partial charge in [0.1, 0.15) is 17.7 Å². The summed E-state index contributed by atoms with van der Waals surface area (Å²) in [4.78, 5) is 39.7. The van der Waals surface area contributed by atoms with Gasteiger partial charge in [0.15, 0.2) is 0 Å². The van der Waals surface area contributed by atoms with Gasteiger partial charge in [-0.25, -0.2) is 4.79 Å². The summed E-state index contributed by atoms with van der Waals surface area (Å²) >= 11 is 0. The normalized spacial score (nSPS) is 12.8. The van der Waals surface area contributed by atoms with Crippen LogP contribution < -0.4 is 10.6 Å². The van der Waals surface area contributed by atoms with Crippen LogP contribution in [0, 0.1) is 12.3 Å². The Bertz CT molecular complexity index is 808. The molecule has 8 heteroatoms. The lowest BCUT2D eigenvalue weighted by atomic mass is 10.0. The number of hydrogen-bond donors (Lipinski definition) is 3. The fourth-order valence-corrected chi connectivity index (χ4v) is 2.99. The first-order valence-electron chi connectivity index (χ1n) is 10.8. The Morgan fingerprint density at radius 3 is 2.34 bits per heavy atom. The second-order valence-electron chi connectivity index (χ2n) is 8.44. The van der Waals surface area contributed by atoms with Crippen LogP contribution in [0.5, 0.6) is 0 Å². The molecule has 3 amide bonds. The van der Waals surface area contributed by atoms with Gasteiger partial charge in [-0.2, -0.15) is 0 Å². The van der Waals surface area contributed by atoms with E-state index in [0.29, 0.717) is 17.7 Å². The van der Waals surface area contributed by atoms with Crippen LogP contribution in [0.25, 0.3) is 0 Å². The van der Waals surface area contributed by atoms with Crippen LogP contribution in [-0.4, -0.2) is 59.3 Å². The smallest absolute Gasteiger partial charge is 0.408 e. The van der Waals surface area contributed by atoms with E-state index in [1.165, 1.54) is 11.8 Å². The second kappa shape index (κ2) is 12.7. The highest BCUT2D eigenvalue weighted by molar-refractivity contribution is 5.92. The van der Waals surface area contributed by atoms with Gasteiger partial charge in [0.05, 0.1) is 6.61 Å². The number of nitrogens with zero attached hydrogens (tertiary/aromatic N) is 1. The molecule has 0 spiro atoms. The molecule has 1 aromatic rings. The van der Waals surface area contributed by atoms with Crippen LogP contribution in [0.15, 0.2) is 24.3 Å². The fourth-order valence-electron chi connectivity index (χ4n) is 2.99. The molecule has 0 saturated heterocycles. The molecule has 0 bridgehead atoms. The number of hydrogen-bond acceptors (Lipinski definition) is 5. The largest absolute Gasteiger partial charge is 0.444 e. The first-order chi connectivity index (χ1) is 15.0. The molecule has 32 heavy (non-hydrogen) atoms. The highest BCUT2D eigenvalue weighted by Crippen LogP contribution is 2.23. The molecule has 2 atom stereocenters. The summed E-state index contributed by atoms with van der Waals surface area (Å²) in [5, 5.41) is 15.0. The molecule has 0 heterocycles. The summed E-state index contributed by atoms with van der Waals surface area (Å²) < 4.78 is 5.21. The molecule has 0 aliphatic carbocycles. The van der Waals surface area contributed by atoms with Gasteiger partial charge in [0.2, 0.25) is 11.8 Å². The lowest BCUT2D eigenvalue weighted by Gasteiger charge is -2.33. The number of benzene rings is 1. The van der Waals surface area contributed by atoms with Gasteiger partial charge < -0.3 is 25.4 Å². The maximum absolute atomic E-state index is 13.2. The Labute approximate surface area is 190 Å². The van der Waals surface area contributed by atoms with Crippen LogP contribution in [0.4, 0.5) is 4.79 Å². The summed E-state index contributed by atoms with van der Waals surface area (Å²) in [6.45, 7) is 8.67. The molecule has 1 rings (SSSR count). The third-order valence-electron chi connectivity index (χ3n) is 4.51. The predicted octanol–water partition coefficient (Wildman–Crippen LogP) is 2.36. The fraction of sp³-hybridized carbons (Fsp3) is 0.542. The molecular weight excluding hydrogens is 410 g/mol. The maximum Gasteiger partial charge on any atom is 0.408 e. The molecule has 1 aromatic carbocycles. The van der Waals surface area contributed by atoms with Crippen LogP contribution >= 0.6 is 0 Å². The molecule has 2 unspecified atom stereocenters. The van der Waals surface area contributed by atoms with E-state index in [1.807, 2.05) is 6.92 Å². The van der Waals surface area contributed by atoms with Crippen LogP contribution in [-0.2, 0) is 14.3 Å². The summed E-state index contributed by atoms with van der Waals surface area (Å²) in [7, 11) is 0. The average Bonchev–Trinajstić information content (AvgIpc) is 2.72. The third-order valence-corrected chi connectivity index (χ3v) is 4.51. The number of amides is 3. The van der Waals surface area contributed by atoms with Crippen LogP contribution in [0.1, 0.15) is 64.6 Å². The third kappa shape index (κ3) is 8.60. The van der Waals surface area contributed by atoms with Crippen molar-refractivity contribution in [3.05, 3.63) is 35.4 Å². The summed E-state index contributed by atoms with van der Waals surface area (Å²) in [6, 6.07) is 4.76. The minimum atomic E-state index is -0.999. The number of carbonyl (C=O) groups excluding carboxylic acids is 3. The Hall–Kier alpha value is -3.05. The number of nitrogens with one attached hydrogen (secondary N) is 2. The molecule has 8 nitrogen and oxygen atoms in total. The minimum Gasteiger partial charge on any atom is -0.444 e. The quantitative estimate of drug-likeness (QED) is 0.379. The summed E-state index contributed by atoms with van der Waals surface area (Å²) in [6.07, 6.45) is 6.37. The minimum absolute atomic E-state index is 0.0953. The molecule has 0 saturated carbocycles. The zero-order valence-corrected chi connectivity index (χ0v) is 19.6. The molecule has 3 N–H and O–H groups in total. The van der Waals surface area contributed by atoms with Crippen LogP contribution in [0.2, 0.25) is 0 Å². The van der Waals surface area contributed by atoms with Crippen molar-refractivity contribution in [2.75, 3.05) is 19.7 Å². The highest BCUT2D eigenvalue weighted by Gasteiger charge is 2.34. The lowest BCUT2D eigenvalue weighted by Crippen LogP contribution is -2.52. The van der Waals surface area contributed by atoms with Gasteiger partial charge in [-0.1, -0.05) is 31.4 Å². The highest BCUT2D eigenvalue weighted by atomic mass is 16.6. The molecule has 176 valence electrons. The monoisotopic (exact) mass is 445 g/mol. The number of alkyl carbamates (subject to hydrolysis) is 1. The van der Waals surface area contributed by atoms with Crippen molar-refractivity contribution < 1.29 is 24.2 Å². The first-order valence-corrected chi connectivity index (χ1v) is 10.8. The van der Waals surface area contributed by atoms with Crippen molar-refractivity contribution >= 4 is 17.9 Å². The zero-order valence-electron chi connectivity index (χ0n) is 19.6. The Morgan fingerprint density at radius 2 is 1.84 bits per heavy atom. The van der Waals surface area contributed by atoms with Crippen molar-refractivity contribution in [3.63, 3.8) is 0 Å². The Morgan fingerprint density at radius 1 is 1.22 bits per heavy atom. The Kier molecular flexibility index (Phi) is 10.7. The number of carbonyl (C=O) groups is 3. The van der Waals surface area contributed by atoms with E-state index in [2.05, 4.69) is 16.6 Å². The molecule has 0 aromatic heterocycles. The van der Waals surface area contributed by atoms with Gasteiger partial charge in [-0.05, 0) is 51.8 Å². The first kappa shape index (κ1) is 27.0. The topological polar surface area (TPSA) is 108 Å². The standard InChI is InChI=1S/C24H35N3O5/c1-7-9-14-25-21(29)20(19-12-10-18(8-2)11-13-19)27(15-16-28)22(30)17(3)26-23(31)32-24(4,5)6/h2,10-13,17,20,28H,7,9,14-16H2,1,3-6H3,(H,25,29)(H,26,31). The number of rotatable bonds is 10. The van der Waals surface area contributed by atoms with Gasteiger partial charge >= 0.3 is 6.09 Å². The van der Waals surface area contributed by atoms with E-state index in [0.717, 1.165) is 12.8 Å². The van der Waals surface area contributed by atoms with Crippen LogP contribution in [0.3, 0.4) is 0 Å². The van der Waals surface area contributed by atoms with E-state index in [1.54, 1.807) is 45.0 Å². The number of terminal acetylenes is 1. The molecule has 0 aliphatic heterocycles.